The Kier molecular flexibility index (Phi) is 6.20. The van der Waals surface area contributed by atoms with E-state index in [9.17, 15) is 4.79 Å². The number of nitrogens with zero attached hydrogens (tertiary/aromatic N) is 4. The number of thiophene rings is 1. The first-order valence-corrected chi connectivity index (χ1v) is 10.7. The van der Waals surface area contributed by atoms with Crippen molar-refractivity contribution in [3.63, 3.8) is 0 Å². The Morgan fingerprint density at radius 3 is 2.81 bits per heavy atom. The molecule has 0 N–H and O–H groups in total. The van der Waals surface area contributed by atoms with Crippen LogP contribution in [0.5, 0.6) is 0 Å². The summed E-state index contributed by atoms with van der Waals surface area (Å²) in [4.78, 5) is 15.6. The van der Waals surface area contributed by atoms with Gasteiger partial charge in [0.15, 0.2) is 11.0 Å². The van der Waals surface area contributed by atoms with E-state index in [4.69, 9.17) is 4.42 Å². The Hall–Kier alpha value is -1.58. The number of hydrogen-bond acceptors (Lipinski definition) is 6. The van der Waals surface area contributed by atoms with Gasteiger partial charge in [0, 0.05) is 18.5 Å². The van der Waals surface area contributed by atoms with Crippen molar-refractivity contribution in [3.05, 3.63) is 38.9 Å². The van der Waals surface area contributed by atoms with Gasteiger partial charge in [0.2, 0.25) is 5.91 Å². The molecule has 1 amide bonds. The first-order chi connectivity index (χ1) is 12.5. The van der Waals surface area contributed by atoms with Gasteiger partial charge in [0.25, 0.3) is 0 Å². The maximum Gasteiger partial charge on any atom is 0.233 e. The molecule has 0 bridgehead atoms. The molecule has 0 spiro atoms. The minimum atomic E-state index is 0.0889. The molecular weight excluding hydrogens is 436 g/mol. The molecule has 0 aliphatic carbocycles. The number of amides is 1. The molecule has 0 aliphatic rings. The molecule has 26 heavy (non-hydrogen) atoms. The second-order valence-corrected chi connectivity index (χ2v) is 9.15. The lowest BCUT2D eigenvalue weighted by atomic mass is 10.2. The summed E-state index contributed by atoms with van der Waals surface area (Å²) in [6.45, 7) is 5.19. The van der Waals surface area contributed by atoms with Crippen LogP contribution in [0.1, 0.15) is 17.6 Å². The molecule has 6 nitrogen and oxygen atoms in total. The highest BCUT2D eigenvalue weighted by molar-refractivity contribution is 9.11. The number of aryl methyl sites for hydroxylation is 1. The molecular formula is C17H19BrN4O2S2. The van der Waals surface area contributed by atoms with Crippen LogP contribution < -0.4 is 0 Å². The SMILES string of the molecule is CCN(Cc1ccc(Br)s1)C(=O)CSc1nnc(-c2ccoc2C)n1C. The van der Waals surface area contributed by atoms with E-state index in [0.717, 1.165) is 25.8 Å². The van der Waals surface area contributed by atoms with Crippen LogP contribution >= 0.6 is 39.0 Å². The van der Waals surface area contributed by atoms with Gasteiger partial charge < -0.3 is 13.9 Å². The van der Waals surface area contributed by atoms with E-state index in [1.807, 2.05) is 48.6 Å². The van der Waals surface area contributed by atoms with Crippen molar-refractivity contribution in [1.29, 1.82) is 0 Å². The maximum absolute atomic E-state index is 12.6. The zero-order valence-corrected chi connectivity index (χ0v) is 17.9. The van der Waals surface area contributed by atoms with Crippen LogP contribution in [0.4, 0.5) is 0 Å². The quantitative estimate of drug-likeness (QED) is 0.496. The molecule has 0 aromatic carbocycles. The van der Waals surface area contributed by atoms with Crippen molar-refractivity contribution < 1.29 is 9.21 Å². The van der Waals surface area contributed by atoms with Gasteiger partial charge in [-0.3, -0.25) is 4.79 Å². The fraction of sp³-hybridized carbons (Fsp3) is 0.353. The summed E-state index contributed by atoms with van der Waals surface area (Å²) in [5, 5.41) is 9.16. The van der Waals surface area contributed by atoms with Gasteiger partial charge in [-0.1, -0.05) is 11.8 Å². The molecule has 0 unspecified atom stereocenters. The second kappa shape index (κ2) is 8.41. The van der Waals surface area contributed by atoms with E-state index in [2.05, 4.69) is 26.1 Å². The molecule has 0 atom stereocenters. The van der Waals surface area contributed by atoms with Crippen molar-refractivity contribution >= 4 is 44.9 Å². The highest BCUT2D eigenvalue weighted by Crippen LogP contribution is 2.27. The third kappa shape index (κ3) is 4.21. The fourth-order valence-electron chi connectivity index (χ4n) is 2.51. The van der Waals surface area contributed by atoms with Gasteiger partial charge in [0.05, 0.1) is 27.9 Å². The lowest BCUT2D eigenvalue weighted by Crippen LogP contribution is -2.31. The first kappa shape index (κ1) is 19.2. The number of thioether (sulfide) groups is 1. The Balaban J connectivity index is 1.64. The van der Waals surface area contributed by atoms with Crippen molar-refractivity contribution in [2.75, 3.05) is 12.3 Å². The van der Waals surface area contributed by atoms with Gasteiger partial charge in [-0.25, -0.2) is 0 Å². The Labute approximate surface area is 168 Å². The summed E-state index contributed by atoms with van der Waals surface area (Å²) in [6, 6.07) is 5.92. The zero-order valence-electron chi connectivity index (χ0n) is 14.7. The smallest absolute Gasteiger partial charge is 0.233 e. The number of hydrogen-bond donors (Lipinski definition) is 0. The number of carbonyl (C=O) groups is 1. The minimum Gasteiger partial charge on any atom is -0.469 e. The van der Waals surface area contributed by atoms with Gasteiger partial charge >= 0.3 is 0 Å². The Morgan fingerprint density at radius 1 is 1.38 bits per heavy atom. The normalized spacial score (nSPS) is 11.1. The highest BCUT2D eigenvalue weighted by Gasteiger charge is 2.18. The predicted molar refractivity (Wildman–Crippen MR) is 107 cm³/mol. The van der Waals surface area contributed by atoms with Crippen LogP contribution in [0.3, 0.4) is 0 Å². The number of aromatic nitrogens is 3. The van der Waals surface area contributed by atoms with Gasteiger partial charge in [-0.2, -0.15) is 0 Å². The van der Waals surface area contributed by atoms with E-state index in [-0.39, 0.29) is 5.91 Å². The monoisotopic (exact) mass is 454 g/mol. The largest absolute Gasteiger partial charge is 0.469 e. The average Bonchev–Trinajstić information content (AvgIpc) is 3.31. The van der Waals surface area contributed by atoms with E-state index in [1.54, 1.807) is 17.6 Å². The summed E-state index contributed by atoms with van der Waals surface area (Å²) in [5.41, 5.74) is 0.914. The molecule has 0 saturated carbocycles. The summed E-state index contributed by atoms with van der Waals surface area (Å²) in [6.07, 6.45) is 1.64. The standard InChI is InChI=1S/C17H19BrN4O2S2/c1-4-22(9-12-5-6-14(18)26-12)15(23)10-25-17-20-19-16(21(17)3)13-7-8-24-11(13)2/h5-8H,4,9-10H2,1-3H3. The van der Waals surface area contributed by atoms with Gasteiger partial charge in [-0.15, -0.1) is 21.5 Å². The lowest BCUT2D eigenvalue weighted by molar-refractivity contribution is -0.128. The molecule has 0 fully saturated rings. The van der Waals surface area contributed by atoms with E-state index >= 15 is 0 Å². The van der Waals surface area contributed by atoms with E-state index in [1.165, 1.54) is 11.8 Å². The van der Waals surface area contributed by atoms with Crippen molar-refractivity contribution in [2.45, 2.75) is 25.5 Å². The van der Waals surface area contributed by atoms with Crippen LogP contribution in [-0.4, -0.2) is 37.9 Å². The summed E-state index contributed by atoms with van der Waals surface area (Å²) < 4.78 is 8.30. The molecule has 3 heterocycles. The second-order valence-electron chi connectivity index (χ2n) is 5.66. The van der Waals surface area contributed by atoms with Crippen molar-refractivity contribution in [3.8, 4) is 11.4 Å². The van der Waals surface area contributed by atoms with Gasteiger partial charge in [0.1, 0.15) is 5.76 Å². The molecule has 0 radical (unpaired) electrons. The third-order valence-corrected chi connectivity index (χ3v) is 6.58. The molecule has 3 rings (SSSR count). The minimum absolute atomic E-state index is 0.0889. The Bertz CT molecular complexity index is 902. The molecule has 3 aromatic heterocycles. The van der Waals surface area contributed by atoms with Crippen LogP contribution in [0.25, 0.3) is 11.4 Å². The lowest BCUT2D eigenvalue weighted by Gasteiger charge is -2.19. The first-order valence-electron chi connectivity index (χ1n) is 8.08. The predicted octanol–water partition coefficient (Wildman–Crippen LogP) is 4.35. The number of carbonyl (C=O) groups excluding carboxylic acids is 1. The third-order valence-electron chi connectivity index (χ3n) is 3.97. The highest BCUT2D eigenvalue weighted by atomic mass is 79.9. The maximum atomic E-state index is 12.6. The molecule has 9 heteroatoms. The molecule has 0 saturated heterocycles. The van der Waals surface area contributed by atoms with E-state index in [0.29, 0.717) is 24.0 Å². The molecule has 3 aromatic rings. The Morgan fingerprint density at radius 2 is 2.19 bits per heavy atom. The van der Waals surface area contributed by atoms with Crippen LogP contribution in [0.15, 0.2) is 37.8 Å². The van der Waals surface area contributed by atoms with Crippen LogP contribution in [-0.2, 0) is 18.4 Å². The number of halogens is 1. The summed E-state index contributed by atoms with van der Waals surface area (Å²) in [5.74, 6) is 1.96. The molecule has 0 aliphatic heterocycles. The average molecular weight is 455 g/mol. The van der Waals surface area contributed by atoms with Crippen LogP contribution in [0, 0.1) is 6.92 Å². The summed E-state index contributed by atoms with van der Waals surface area (Å²) in [7, 11) is 1.90. The summed E-state index contributed by atoms with van der Waals surface area (Å²) >= 11 is 6.51. The van der Waals surface area contributed by atoms with Crippen molar-refractivity contribution in [2.24, 2.45) is 7.05 Å². The van der Waals surface area contributed by atoms with Crippen molar-refractivity contribution in [1.82, 2.24) is 19.7 Å². The topological polar surface area (TPSA) is 64.2 Å². The fourth-order valence-corrected chi connectivity index (χ4v) is 4.82. The molecule has 138 valence electrons. The number of rotatable bonds is 7. The van der Waals surface area contributed by atoms with Gasteiger partial charge in [-0.05, 0) is 48.0 Å². The zero-order chi connectivity index (χ0) is 18.7. The number of furan rings is 1. The van der Waals surface area contributed by atoms with E-state index < -0.39 is 0 Å². The van der Waals surface area contributed by atoms with Crippen LogP contribution in [0.2, 0.25) is 0 Å².